The van der Waals surface area contributed by atoms with Crippen molar-refractivity contribution in [2.75, 3.05) is 5.32 Å². The molecule has 1 fully saturated rings. The van der Waals surface area contributed by atoms with Gasteiger partial charge >= 0.3 is 6.18 Å². The first-order chi connectivity index (χ1) is 7.47. The molecule has 2 rings (SSSR count). The largest absolute Gasteiger partial charge is 0.411 e. The van der Waals surface area contributed by atoms with E-state index in [0.29, 0.717) is 0 Å². The van der Waals surface area contributed by atoms with E-state index in [2.05, 4.69) is 15.3 Å². The van der Waals surface area contributed by atoms with Gasteiger partial charge in [0.25, 0.3) is 0 Å². The molecular formula is C9H7F3N4. The summed E-state index contributed by atoms with van der Waals surface area (Å²) in [5.74, 6) is -0.158. The molecule has 84 valence electrons. The third-order valence-electron chi connectivity index (χ3n) is 2.41. The molecule has 0 spiro atoms. The molecule has 0 amide bonds. The normalized spacial score (nSPS) is 17.6. The number of nitriles is 1. The Hall–Kier alpha value is -1.84. The summed E-state index contributed by atoms with van der Waals surface area (Å²) in [7, 11) is 0. The Morgan fingerprint density at radius 1 is 1.44 bits per heavy atom. The van der Waals surface area contributed by atoms with Crippen molar-refractivity contribution in [1.29, 1.82) is 5.26 Å². The molecule has 0 aromatic carbocycles. The van der Waals surface area contributed by atoms with Gasteiger partial charge in [-0.3, -0.25) is 0 Å². The number of rotatable bonds is 2. The average molecular weight is 228 g/mol. The number of alkyl halides is 3. The molecule has 1 N–H and O–H groups in total. The minimum absolute atomic E-state index is 0.0106. The fourth-order valence-electron chi connectivity index (χ4n) is 1.30. The van der Waals surface area contributed by atoms with E-state index in [1.54, 1.807) is 6.07 Å². The summed E-state index contributed by atoms with van der Waals surface area (Å²) in [6.07, 6.45) is -3.05. The van der Waals surface area contributed by atoms with Gasteiger partial charge in [0.2, 0.25) is 5.95 Å². The second-order valence-corrected chi connectivity index (χ2v) is 3.58. The fraction of sp³-hybridized carbons (Fsp3) is 0.444. The van der Waals surface area contributed by atoms with Crippen molar-refractivity contribution in [1.82, 2.24) is 9.97 Å². The molecule has 1 saturated carbocycles. The molecule has 0 unspecified atom stereocenters. The number of hydrogen-bond donors (Lipinski definition) is 1. The van der Waals surface area contributed by atoms with Crippen molar-refractivity contribution in [3.05, 3.63) is 18.0 Å². The molecule has 0 saturated heterocycles. The summed E-state index contributed by atoms with van der Waals surface area (Å²) in [4.78, 5) is 7.30. The molecule has 4 nitrogen and oxygen atoms in total. The highest BCUT2D eigenvalue weighted by molar-refractivity contribution is 5.37. The van der Waals surface area contributed by atoms with Crippen LogP contribution in [0.15, 0.2) is 12.3 Å². The lowest BCUT2D eigenvalue weighted by Gasteiger charge is -2.20. The van der Waals surface area contributed by atoms with Crippen molar-refractivity contribution >= 4 is 5.95 Å². The van der Waals surface area contributed by atoms with Crippen LogP contribution in [0.25, 0.3) is 0 Å². The number of nitrogens with zero attached hydrogens (tertiary/aromatic N) is 3. The Labute approximate surface area is 89.1 Å². The van der Waals surface area contributed by atoms with Gasteiger partial charge in [0.1, 0.15) is 17.3 Å². The van der Waals surface area contributed by atoms with Gasteiger partial charge in [0.15, 0.2) is 0 Å². The smallest absolute Gasteiger partial charge is 0.340 e. The van der Waals surface area contributed by atoms with Crippen molar-refractivity contribution in [2.24, 2.45) is 0 Å². The number of aromatic nitrogens is 2. The zero-order valence-electron chi connectivity index (χ0n) is 8.04. The molecule has 1 aromatic heterocycles. The maximum atomic E-state index is 12.6. The molecule has 7 heteroatoms. The zero-order valence-corrected chi connectivity index (χ0v) is 8.04. The van der Waals surface area contributed by atoms with E-state index in [4.69, 9.17) is 5.26 Å². The molecule has 1 aliphatic rings. The Balaban J connectivity index is 2.19. The van der Waals surface area contributed by atoms with Gasteiger partial charge < -0.3 is 5.32 Å². The quantitative estimate of drug-likeness (QED) is 0.839. The van der Waals surface area contributed by atoms with E-state index >= 15 is 0 Å². The maximum absolute atomic E-state index is 12.6. The molecule has 16 heavy (non-hydrogen) atoms. The van der Waals surface area contributed by atoms with Crippen LogP contribution in [0.3, 0.4) is 0 Å². The van der Waals surface area contributed by atoms with E-state index in [1.165, 1.54) is 12.3 Å². The molecule has 1 heterocycles. The lowest BCUT2D eigenvalue weighted by molar-refractivity contribution is -0.151. The van der Waals surface area contributed by atoms with Crippen LogP contribution < -0.4 is 5.32 Å². The summed E-state index contributed by atoms with van der Waals surface area (Å²) in [6, 6.07) is 3.07. The first-order valence-corrected chi connectivity index (χ1v) is 4.55. The predicted molar refractivity (Wildman–Crippen MR) is 48.4 cm³/mol. The Kier molecular flexibility index (Phi) is 2.22. The molecule has 0 aliphatic heterocycles. The van der Waals surface area contributed by atoms with Crippen molar-refractivity contribution in [3.8, 4) is 6.07 Å². The van der Waals surface area contributed by atoms with Gasteiger partial charge in [-0.1, -0.05) is 0 Å². The van der Waals surface area contributed by atoms with Crippen LogP contribution in [0.5, 0.6) is 0 Å². The van der Waals surface area contributed by atoms with E-state index in [9.17, 15) is 13.2 Å². The van der Waals surface area contributed by atoms with Gasteiger partial charge in [-0.15, -0.1) is 0 Å². The molecule has 0 radical (unpaired) electrons. The maximum Gasteiger partial charge on any atom is 0.411 e. The highest BCUT2D eigenvalue weighted by Crippen LogP contribution is 2.50. The van der Waals surface area contributed by atoms with Crippen molar-refractivity contribution < 1.29 is 13.2 Å². The second kappa shape index (κ2) is 3.33. The van der Waals surface area contributed by atoms with Crippen molar-refractivity contribution in [2.45, 2.75) is 24.6 Å². The van der Waals surface area contributed by atoms with Crippen LogP contribution in [0.1, 0.15) is 18.5 Å². The topological polar surface area (TPSA) is 61.6 Å². The van der Waals surface area contributed by atoms with E-state index in [1.807, 2.05) is 0 Å². The first-order valence-electron chi connectivity index (χ1n) is 4.55. The van der Waals surface area contributed by atoms with Crippen LogP contribution in [0, 0.1) is 11.3 Å². The van der Waals surface area contributed by atoms with E-state index in [0.717, 1.165) is 0 Å². The standard InChI is InChI=1S/C9H7F3N4/c10-9(11,12)8(2-3-8)16-7-14-4-1-6(5-13)15-7/h1,4H,2-3H2,(H,14,15,16). The van der Waals surface area contributed by atoms with Crippen molar-refractivity contribution in [3.63, 3.8) is 0 Å². The Morgan fingerprint density at radius 2 is 2.12 bits per heavy atom. The lowest BCUT2D eigenvalue weighted by Crippen LogP contribution is -2.39. The average Bonchev–Trinajstić information content (AvgIpc) is 2.98. The third kappa shape index (κ3) is 1.78. The van der Waals surface area contributed by atoms with Crippen LogP contribution in [-0.2, 0) is 0 Å². The molecule has 1 aliphatic carbocycles. The monoisotopic (exact) mass is 228 g/mol. The highest BCUT2D eigenvalue weighted by atomic mass is 19.4. The summed E-state index contributed by atoms with van der Waals surface area (Å²) in [6.45, 7) is 0. The van der Waals surface area contributed by atoms with E-state index < -0.39 is 11.7 Å². The SMILES string of the molecule is N#Cc1ccnc(NC2(C(F)(F)F)CC2)n1. The van der Waals surface area contributed by atoms with Gasteiger partial charge in [-0.2, -0.15) is 18.4 Å². The van der Waals surface area contributed by atoms with Crippen LogP contribution in [0.4, 0.5) is 19.1 Å². The van der Waals surface area contributed by atoms with E-state index in [-0.39, 0.29) is 24.5 Å². The third-order valence-corrected chi connectivity index (χ3v) is 2.41. The minimum atomic E-state index is -4.32. The lowest BCUT2D eigenvalue weighted by atomic mass is 10.2. The molecule has 0 bridgehead atoms. The number of hydrogen-bond acceptors (Lipinski definition) is 4. The van der Waals surface area contributed by atoms with Gasteiger partial charge in [0.05, 0.1) is 0 Å². The number of halogens is 3. The van der Waals surface area contributed by atoms with Gasteiger partial charge in [0, 0.05) is 6.20 Å². The summed E-state index contributed by atoms with van der Waals surface area (Å²) in [5.41, 5.74) is -1.86. The van der Waals surface area contributed by atoms with Gasteiger partial charge in [-0.25, -0.2) is 9.97 Å². The Bertz CT molecular complexity index is 445. The molecular weight excluding hydrogens is 221 g/mol. The minimum Gasteiger partial charge on any atom is -0.340 e. The van der Waals surface area contributed by atoms with Crippen LogP contribution in [0.2, 0.25) is 0 Å². The molecule has 0 atom stereocenters. The first kappa shape index (κ1) is 10.7. The Morgan fingerprint density at radius 3 is 2.62 bits per heavy atom. The second-order valence-electron chi connectivity index (χ2n) is 3.58. The van der Waals surface area contributed by atoms with Gasteiger partial charge in [-0.05, 0) is 18.9 Å². The highest BCUT2D eigenvalue weighted by Gasteiger charge is 2.64. The number of anilines is 1. The summed E-state index contributed by atoms with van der Waals surface area (Å²) < 4.78 is 37.7. The molecule has 1 aromatic rings. The fourth-order valence-corrected chi connectivity index (χ4v) is 1.30. The summed E-state index contributed by atoms with van der Waals surface area (Å²) in [5, 5.41) is 10.8. The number of nitrogens with one attached hydrogen (secondary N) is 1. The van der Waals surface area contributed by atoms with Crippen LogP contribution >= 0.6 is 0 Å². The van der Waals surface area contributed by atoms with Crippen LogP contribution in [-0.4, -0.2) is 21.7 Å². The summed E-state index contributed by atoms with van der Waals surface area (Å²) >= 11 is 0. The zero-order chi connectivity index (χ0) is 11.8. The predicted octanol–water partition coefficient (Wildman–Crippen LogP) is 1.86.